The van der Waals surface area contributed by atoms with Gasteiger partial charge in [-0.15, -0.1) is 5.10 Å². The van der Waals surface area contributed by atoms with Crippen molar-refractivity contribution < 1.29 is 9.53 Å². The molecule has 6 nitrogen and oxygen atoms in total. The van der Waals surface area contributed by atoms with Crippen molar-refractivity contribution in [3.63, 3.8) is 0 Å². The minimum absolute atomic E-state index is 0.0125. The molecular weight excluding hydrogens is 324 g/mol. The highest BCUT2D eigenvalue weighted by molar-refractivity contribution is 7.99. The van der Waals surface area contributed by atoms with Crippen molar-refractivity contribution in [2.45, 2.75) is 44.9 Å². The lowest BCUT2D eigenvalue weighted by Gasteiger charge is -2.12. The second-order valence-corrected chi connectivity index (χ2v) is 7.06. The number of H-pyrrole nitrogens is 1. The molecule has 0 bridgehead atoms. The molecule has 2 aromatic rings. The zero-order valence-corrected chi connectivity index (χ0v) is 15.0. The van der Waals surface area contributed by atoms with E-state index in [0.29, 0.717) is 5.16 Å². The Hall–Kier alpha value is -1.86. The third kappa shape index (κ3) is 3.96. The average Bonchev–Trinajstić information content (AvgIpc) is 3.19. The number of hydrogen-bond donors (Lipinski definition) is 2. The Morgan fingerprint density at radius 1 is 1.38 bits per heavy atom. The minimum atomic E-state index is -0.0569. The van der Waals surface area contributed by atoms with E-state index in [1.54, 1.807) is 0 Å². The van der Waals surface area contributed by atoms with E-state index in [2.05, 4.69) is 39.6 Å². The number of thioether (sulfide) groups is 1. The van der Waals surface area contributed by atoms with Crippen LogP contribution in [-0.4, -0.2) is 33.4 Å². The van der Waals surface area contributed by atoms with Gasteiger partial charge >= 0.3 is 0 Å². The first-order valence-electron chi connectivity index (χ1n) is 8.07. The molecule has 1 aliphatic rings. The van der Waals surface area contributed by atoms with E-state index in [1.165, 1.54) is 17.3 Å². The zero-order valence-electron chi connectivity index (χ0n) is 14.2. The number of rotatable bonds is 5. The first-order chi connectivity index (χ1) is 11.5. The fourth-order valence-electron chi connectivity index (χ4n) is 2.94. The third-order valence-electron chi connectivity index (χ3n) is 3.99. The highest BCUT2D eigenvalue weighted by atomic mass is 32.2. The second kappa shape index (κ2) is 7.36. The Kier molecular flexibility index (Phi) is 5.20. The summed E-state index contributed by atoms with van der Waals surface area (Å²) in [4.78, 5) is 16.6. The van der Waals surface area contributed by atoms with Crippen molar-refractivity contribution in [3.8, 4) is 0 Å². The SMILES string of the molecule is Cc1cc(C)c(NC(=O)CSc2n[nH]c([C@H]3CCCO3)n2)c(C)c1. The molecule has 24 heavy (non-hydrogen) atoms. The van der Waals surface area contributed by atoms with Crippen molar-refractivity contribution in [1.82, 2.24) is 15.2 Å². The van der Waals surface area contributed by atoms with Gasteiger partial charge in [-0.1, -0.05) is 29.5 Å². The molecule has 2 N–H and O–H groups in total. The Labute approximate surface area is 145 Å². The van der Waals surface area contributed by atoms with Crippen molar-refractivity contribution in [1.29, 1.82) is 0 Å². The topological polar surface area (TPSA) is 79.9 Å². The lowest BCUT2D eigenvalue weighted by Crippen LogP contribution is -2.16. The quantitative estimate of drug-likeness (QED) is 0.812. The van der Waals surface area contributed by atoms with Gasteiger partial charge in [0.1, 0.15) is 6.10 Å². The fourth-order valence-corrected chi connectivity index (χ4v) is 3.55. The maximum absolute atomic E-state index is 12.2. The molecule has 0 aliphatic carbocycles. The molecule has 1 aromatic heterocycles. The van der Waals surface area contributed by atoms with Crippen LogP contribution in [-0.2, 0) is 9.53 Å². The van der Waals surface area contributed by atoms with E-state index in [0.717, 1.165) is 42.1 Å². The number of benzene rings is 1. The van der Waals surface area contributed by atoms with Gasteiger partial charge in [-0.05, 0) is 44.7 Å². The van der Waals surface area contributed by atoms with E-state index in [-0.39, 0.29) is 17.8 Å². The van der Waals surface area contributed by atoms with Gasteiger partial charge in [0.05, 0.1) is 5.75 Å². The number of aryl methyl sites for hydroxylation is 3. The molecule has 1 amide bonds. The molecule has 2 heterocycles. The Morgan fingerprint density at radius 2 is 2.12 bits per heavy atom. The second-order valence-electron chi connectivity index (χ2n) is 6.12. The number of carbonyl (C=O) groups excluding carboxylic acids is 1. The predicted molar refractivity (Wildman–Crippen MR) is 94.3 cm³/mol. The zero-order chi connectivity index (χ0) is 17.1. The van der Waals surface area contributed by atoms with E-state index in [1.807, 2.05) is 13.8 Å². The molecular formula is C17H22N4O2S. The maximum Gasteiger partial charge on any atom is 0.234 e. The molecule has 1 saturated heterocycles. The summed E-state index contributed by atoms with van der Waals surface area (Å²) in [5.41, 5.74) is 4.23. The molecule has 1 atom stereocenters. The van der Waals surface area contributed by atoms with Crippen molar-refractivity contribution in [2.24, 2.45) is 0 Å². The van der Waals surface area contributed by atoms with Crippen LogP contribution in [0.1, 0.15) is 41.5 Å². The number of ether oxygens (including phenoxy) is 1. The summed E-state index contributed by atoms with van der Waals surface area (Å²) in [6.07, 6.45) is 2.02. The van der Waals surface area contributed by atoms with Crippen LogP contribution < -0.4 is 5.32 Å². The van der Waals surface area contributed by atoms with Crippen LogP contribution in [0.2, 0.25) is 0 Å². The van der Waals surface area contributed by atoms with Gasteiger partial charge < -0.3 is 10.1 Å². The molecule has 0 spiro atoms. The number of aromatic nitrogens is 3. The van der Waals surface area contributed by atoms with Gasteiger partial charge in [0.2, 0.25) is 11.1 Å². The first-order valence-corrected chi connectivity index (χ1v) is 9.06. The third-order valence-corrected chi connectivity index (χ3v) is 4.84. The van der Waals surface area contributed by atoms with Gasteiger partial charge in [0.15, 0.2) is 5.82 Å². The Morgan fingerprint density at radius 3 is 2.79 bits per heavy atom. The summed E-state index contributed by atoms with van der Waals surface area (Å²) >= 11 is 1.32. The first kappa shape index (κ1) is 17.0. The summed E-state index contributed by atoms with van der Waals surface area (Å²) in [6, 6.07) is 4.14. The number of nitrogens with one attached hydrogen (secondary N) is 2. The van der Waals surface area contributed by atoms with Crippen LogP contribution in [0.25, 0.3) is 0 Å². The van der Waals surface area contributed by atoms with Crippen LogP contribution in [0, 0.1) is 20.8 Å². The van der Waals surface area contributed by atoms with E-state index in [9.17, 15) is 4.79 Å². The summed E-state index contributed by atoms with van der Waals surface area (Å²) in [7, 11) is 0. The molecule has 1 aromatic carbocycles. The molecule has 1 aliphatic heterocycles. The summed E-state index contributed by atoms with van der Waals surface area (Å²) in [6.45, 7) is 6.83. The van der Waals surface area contributed by atoms with Gasteiger partial charge in [-0.3, -0.25) is 9.89 Å². The molecule has 0 saturated carbocycles. The summed E-state index contributed by atoms with van der Waals surface area (Å²) in [5.74, 6) is 0.967. The number of hydrogen-bond acceptors (Lipinski definition) is 5. The number of nitrogens with zero attached hydrogens (tertiary/aromatic N) is 2. The van der Waals surface area contributed by atoms with Crippen molar-refractivity contribution in [3.05, 3.63) is 34.6 Å². The monoisotopic (exact) mass is 346 g/mol. The standard InChI is InChI=1S/C17H22N4O2S/c1-10-7-11(2)15(12(3)8-10)18-14(22)9-24-17-19-16(20-21-17)13-5-4-6-23-13/h7-8,13H,4-6,9H2,1-3H3,(H,18,22)(H,19,20,21)/t13-/m1/s1. The molecule has 0 radical (unpaired) electrons. The maximum atomic E-state index is 12.2. The largest absolute Gasteiger partial charge is 0.370 e. The lowest BCUT2D eigenvalue weighted by molar-refractivity contribution is -0.113. The number of aromatic amines is 1. The molecule has 0 unspecified atom stereocenters. The fraction of sp³-hybridized carbons (Fsp3) is 0.471. The molecule has 3 rings (SSSR count). The normalized spacial score (nSPS) is 17.2. The van der Waals surface area contributed by atoms with E-state index >= 15 is 0 Å². The van der Waals surface area contributed by atoms with Crippen LogP contribution >= 0.6 is 11.8 Å². The highest BCUT2D eigenvalue weighted by Gasteiger charge is 2.21. The van der Waals surface area contributed by atoms with Crippen LogP contribution in [0.3, 0.4) is 0 Å². The number of carbonyl (C=O) groups is 1. The van der Waals surface area contributed by atoms with Crippen molar-refractivity contribution >= 4 is 23.4 Å². The van der Waals surface area contributed by atoms with Crippen LogP contribution in [0.5, 0.6) is 0 Å². The lowest BCUT2D eigenvalue weighted by atomic mass is 10.1. The Balaban J connectivity index is 1.56. The van der Waals surface area contributed by atoms with Gasteiger partial charge in [-0.2, -0.15) is 0 Å². The highest BCUT2D eigenvalue weighted by Crippen LogP contribution is 2.27. The van der Waals surface area contributed by atoms with Crippen molar-refractivity contribution in [2.75, 3.05) is 17.7 Å². The number of amides is 1. The van der Waals surface area contributed by atoms with E-state index in [4.69, 9.17) is 4.74 Å². The minimum Gasteiger partial charge on any atom is -0.370 e. The molecule has 7 heteroatoms. The van der Waals surface area contributed by atoms with Gasteiger partial charge in [0.25, 0.3) is 0 Å². The predicted octanol–water partition coefficient (Wildman–Crippen LogP) is 3.31. The van der Waals surface area contributed by atoms with Crippen LogP contribution in [0.15, 0.2) is 17.3 Å². The van der Waals surface area contributed by atoms with E-state index < -0.39 is 0 Å². The summed E-state index contributed by atoms with van der Waals surface area (Å²) in [5, 5.41) is 10.6. The van der Waals surface area contributed by atoms with Crippen LogP contribution in [0.4, 0.5) is 5.69 Å². The Bertz CT molecular complexity index is 715. The molecule has 1 fully saturated rings. The average molecular weight is 346 g/mol. The smallest absolute Gasteiger partial charge is 0.234 e. The summed E-state index contributed by atoms with van der Waals surface area (Å²) < 4.78 is 5.57. The van der Waals surface area contributed by atoms with Gasteiger partial charge in [-0.25, -0.2) is 4.98 Å². The number of anilines is 1. The van der Waals surface area contributed by atoms with Gasteiger partial charge in [0, 0.05) is 12.3 Å². The molecule has 128 valence electrons.